The molecular formula is C17H17NO5. The minimum atomic E-state index is -0.648. The number of aromatic amines is 1. The molecule has 1 N–H and O–H groups in total. The van der Waals surface area contributed by atoms with Gasteiger partial charge in [0.15, 0.2) is 6.29 Å². The molecule has 120 valence electrons. The molecule has 1 heterocycles. The molecule has 0 bridgehead atoms. The van der Waals surface area contributed by atoms with Crippen LogP contribution < -0.4 is 0 Å². The van der Waals surface area contributed by atoms with Crippen molar-refractivity contribution in [2.75, 3.05) is 6.61 Å². The highest BCUT2D eigenvalue weighted by Crippen LogP contribution is 2.20. The first kappa shape index (κ1) is 16.5. The van der Waals surface area contributed by atoms with Crippen LogP contribution in [0.2, 0.25) is 0 Å². The Morgan fingerprint density at radius 3 is 2.43 bits per heavy atom. The van der Waals surface area contributed by atoms with E-state index in [0.717, 1.165) is 5.56 Å². The first-order valence-corrected chi connectivity index (χ1v) is 7.14. The third-order valence-corrected chi connectivity index (χ3v) is 3.29. The van der Waals surface area contributed by atoms with Gasteiger partial charge in [0.25, 0.3) is 0 Å². The Labute approximate surface area is 133 Å². The van der Waals surface area contributed by atoms with E-state index in [0.29, 0.717) is 11.8 Å². The second kappa shape index (κ2) is 7.40. The van der Waals surface area contributed by atoms with Gasteiger partial charge in [-0.1, -0.05) is 30.3 Å². The van der Waals surface area contributed by atoms with Crippen molar-refractivity contribution in [3.05, 3.63) is 58.4 Å². The molecule has 0 aliphatic heterocycles. The summed E-state index contributed by atoms with van der Waals surface area (Å²) in [5.74, 6) is -1.28. The van der Waals surface area contributed by atoms with Crippen molar-refractivity contribution in [2.24, 2.45) is 0 Å². The van der Waals surface area contributed by atoms with Crippen LogP contribution in [0.15, 0.2) is 30.3 Å². The number of esters is 2. The molecule has 0 fully saturated rings. The second-order valence-corrected chi connectivity index (χ2v) is 4.81. The molecule has 0 saturated heterocycles. The topological polar surface area (TPSA) is 85.5 Å². The number of ether oxygens (including phenoxy) is 2. The Balaban J connectivity index is 2.20. The van der Waals surface area contributed by atoms with Crippen LogP contribution >= 0.6 is 0 Å². The average Bonchev–Trinajstić information content (AvgIpc) is 2.90. The Hall–Kier alpha value is -2.89. The van der Waals surface area contributed by atoms with E-state index in [-0.39, 0.29) is 30.2 Å². The predicted octanol–water partition coefficient (Wildman–Crippen LogP) is 2.67. The number of aromatic nitrogens is 1. The summed E-state index contributed by atoms with van der Waals surface area (Å²) in [5.41, 5.74) is 1.32. The van der Waals surface area contributed by atoms with Crippen molar-refractivity contribution in [1.82, 2.24) is 4.98 Å². The summed E-state index contributed by atoms with van der Waals surface area (Å²) in [5, 5.41) is 0. The molecule has 1 aromatic carbocycles. The molecule has 0 unspecified atom stereocenters. The van der Waals surface area contributed by atoms with Gasteiger partial charge in [-0.05, 0) is 25.0 Å². The van der Waals surface area contributed by atoms with E-state index in [1.807, 2.05) is 30.3 Å². The minimum Gasteiger partial charge on any atom is -0.462 e. The van der Waals surface area contributed by atoms with E-state index >= 15 is 0 Å². The molecule has 0 atom stereocenters. The molecule has 2 aromatic rings. The third-order valence-electron chi connectivity index (χ3n) is 3.29. The van der Waals surface area contributed by atoms with Crippen LogP contribution in [-0.4, -0.2) is 29.8 Å². The molecule has 23 heavy (non-hydrogen) atoms. The maximum absolute atomic E-state index is 12.2. The van der Waals surface area contributed by atoms with Gasteiger partial charge in [-0.15, -0.1) is 0 Å². The normalized spacial score (nSPS) is 10.2. The summed E-state index contributed by atoms with van der Waals surface area (Å²) in [6, 6.07) is 9.20. The van der Waals surface area contributed by atoms with Gasteiger partial charge >= 0.3 is 11.9 Å². The summed E-state index contributed by atoms with van der Waals surface area (Å²) < 4.78 is 10.1. The van der Waals surface area contributed by atoms with Gasteiger partial charge in [-0.25, -0.2) is 9.59 Å². The lowest BCUT2D eigenvalue weighted by Gasteiger charge is -2.05. The van der Waals surface area contributed by atoms with Gasteiger partial charge in [-0.3, -0.25) is 4.79 Å². The Kier molecular flexibility index (Phi) is 5.30. The molecule has 6 nitrogen and oxygen atoms in total. The summed E-state index contributed by atoms with van der Waals surface area (Å²) in [7, 11) is 0. The van der Waals surface area contributed by atoms with E-state index in [1.165, 1.54) is 0 Å². The highest BCUT2D eigenvalue weighted by molar-refractivity contribution is 6.03. The smallest absolute Gasteiger partial charge is 0.355 e. The van der Waals surface area contributed by atoms with E-state index < -0.39 is 11.9 Å². The first-order chi connectivity index (χ1) is 11.1. The highest BCUT2D eigenvalue weighted by Gasteiger charge is 2.25. The fourth-order valence-electron chi connectivity index (χ4n) is 2.17. The largest absolute Gasteiger partial charge is 0.462 e. The van der Waals surface area contributed by atoms with Gasteiger partial charge in [0.05, 0.1) is 17.9 Å². The monoisotopic (exact) mass is 315 g/mol. The maximum Gasteiger partial charge on any atom is 0.355 e. The number of hydrogen-bond donors (Lipinski definition) is 1. The van der Waals surface area contributed by atoms with Crippen molar-refractivity contribution >= 4 is 18.2 Å². The molecule has 0 radical (unpaired) electrons. The fourth-order valence-corrected chi connectivity index (χ4v) is 2.17. The van der Waals surface area contributed by atoms with Gasteiger partial charge in [-0.2, -0.15) is 0 Å². The van der Waals surface area contributed by atoms with E-state index in [4.69, 9.17) is 9.47 Å². The highest BCUT2D eigenvalue weighted by atomic mass is 16.5. The second-order valence-electron chi connectivity index (χ2n) is 4.81. The molecule has 6 heteroatoms. The Morgan fingerprint density at radius 1 is 1.13 bits per heavy atom. The van der Waals surface area contributed by atoms with E-state index in [9.17, 15) is 14.4 Å². The van der Waals surface area contributed by atoms with Crippen LogP contribution in [0.1, 0.15) is 49.4 Å². The number of benzene rings is 1. The number of carbonyl (C=O) groups is 3. The van der Waals surface area contributed by atoms with Crippen LogP contribution in [-0.2, 0) is 16.1 Å². The number of rotatable bonds is 6. The van der Waals surface area contributed by atoms with Crippen LogP contribution in [0.25, 0.3) is 0 Å². The van der Waals surface area contributed by atoms with Crippen molar-refractivity contribution in [2.45, 2.75) is 20.5 Å². The van der Waals surface area contributed by atoms with Crippen molar-refractivity contribution < 1.29 is 23.9 Å². The molecule has 0 spiro atoms. The minimum absolute atomic E-state index is 0.00705. The van der Waals surface area contributed by atoms with E-state index in [2.05, 4.69) is 4.98 Å². The zero-order valence-electron chi connectivity index (χ0n) is 12.9. The average molecular weight is 315 g/mol. The fraction of sp³-hybridized carbons (Fsp3) is 0.235. The number of hydrogen-bond acceptors (Lipinski definition) is 5. The Morgan fingerprint density at radius 2 is 1.83 bits per heavy atom. The molecule has 0 aliphatic rings. The quantitative estimate of drug-likeness (QED) is 0.654. The van der Waals surface area contributed by atoms with Gasteiger partial charge in [0.2, 0.25) is 0 Å². The third kappa shape index (κ3) is 3.66. The molecule has 0 amide bonds. The molecule has 0 aliphatic carbocycles. The Bertz CT molecular complexity index is 718. The lowest BCUT2D eigenvalue weighted by Crippen LogP contribution is -2.09. The lowest BCUT2D eigenvalue weighted by molar-refractivity contribution is 0.0465. The summed E-state index contributed by atoms with van der Waals surface area (Å²) in [6.07, 6.45) is 0.479. The van der Waals surface area contributed by atoms with Crippen LogP contribution in [0.3, 0.4) is 0 Å². The summed E-state index contributed by atoms with van der Waals surface area (Å²) in [6.45, 7) is 3.50. The SMILES string of the molecule is CCOC(=O)c1c(C=O)[nH]c(C(=O)OCc2ccccc2)c1C. The molecular weight excluding hydrogens is 298 g/mol. The van der Waals surface area contributed by atoms with E-state index in [1.54, 1.807) is 13.8 Å². The zero-order chi connectivity index (χ0) is 16.8. The van der Waals surface area contributed by atoms with Crippen LogP contribution in [0.5, 0.6) is 0 Å². The molecule has 1 aromatic heterocycles. The van der Waals surface area contributed by atoms with Gasteiger partial charge < -0.3 is 14.5 Å². The first-order valence-electron chi connectivity index (χ1n) is 7.14. The number of aldehydes is 1. The summed E-state index contributed by atoms with van der Waals surface area (Å²) >= 11 is 0. The number of H-pyrrole nitrogens is 1. The standard InChI is InChI=1S/C17H17NO5/c1-3-22-16(20)14-11(2)15(18-13(14)9-19)17(21)23-10-12-7-5-4-6-8-12/h4-9,18H,3,10H2,1-2H3. The van der Waals surface area contributed by atoms with Crippen molar-refractivity contribution in [3.63, 3.8) is 0 Å². The van der Waals surface area contributed by atoms with Crippen LogP contribution in [0.4, 0.5) is 0 Å². The number of carbonyl (C=O) groups excluding carboxylic acids is 3. The van der Waals surface area contributed by atoms with Crippen LogP contribution in [0, 0.1) is 6.92 Å². The van der Waals surface area contributed by atoms with Gasteiger partial charge in [0.1, 0.15) is 12.3 Å². The predicted molar refractivity (Wildman–Crippen MR) is 82.4 cm³/mol. The van der Waals surface area contributed by atoms with Crippen molar-refractivity contribution in [3.8, 4) is 0 Å². The molecule has 2 rings (SSSR count). The molecule has 0 saturated carbocycles. The maximum atomic E-state index is 12.2. The number of nitrogens with one attached hydrogen (secondary N) is 1. The zero-order valence-corrected chi connectivity index (χ0v) is 12.9. The van der Waals surface area contributed by atoms with Gasteiger partial charge in [0, 0.05) is 0 Å². The lowest BCUT2D eigenvalue weighted by atomic mass is 10.1. The van der Waals surface area contributed by atoms with Crippen molar-refractivity contribution in [1.29, 1.82) is 0 Å². The summed E-state index contributed by atoms with van der Waals surface area (Å²) in [4.78, 5) is 37.8.